The number of esters is 1. The molecule has 0 spiro atoms. The number of fused-ring (bicyclic) bond motifs is 1. The summed E-state index contributed by atoms with van der Waals surface area (Å²) >= 11 is 1.24. The van der Waals surface area contributed by atoms with Gasteiger partial charge < -0.3 is 14.9 Å². The number of furan rings is 1. The number of aromatic nitrogens is 1. The number of hydrogen-bond donors (Lipinski definition) is 1. The van der Waals surface area contributed by atoms with Crippen LogP contribution in [0, 0.1) is 6.92 Å². The van der Waals surface area contributed by atoms with Gasteiger partial charge in [0.15, 0.2) is 0 Å². The van der Waals surface area contributed by atoms with E-state index in [0.717, 1.165) is 28.0 Å². The van der Waals surface area contributed by atoms with Crippen LogP contribution in [0.2, 0.25) is 0 Å². The van der Waals surface area contributed by atoms with Crippen LogP contribution >= 0.6 is 11.3 Å². The van der Waals surface area contributed by atoms with Crippen molar-refractivity contribution in [2.24, 2.45) is 0 Å². The van der Waals surface area contributed by atoms with Crippen molar-refractivity contribution in [3.8, 4) is 22.6 Å². The lowest BCUT2D eigenvalue weighted by Crippen LogP contribution is -2.04. The SMILES string of the molecule is CCOC(=O)c1sc2nc(-c3ccccc3)cc(-c3ccc(C)o3)c2c1N. The third kappa shape index (κ3) is 3.08. The zero-order valence-electron chi connectivity index (χ0n) is 15.0. The average molecular weight is 378 g/mol. The predicted octanol–water partition coefficient (Wildman–Crippen LogP) is 5.29. The molecule has 2 N–H and O–H groups in total. The van der Waals surface area contributed by atoms with Crippen molar-refractivity contribution >= 4 is 33.2 Å². The topological polar surface area (TPSA) is 78.3 Å². The van der Waals surface area contributed by atoms with Crippen LogP contribution in [0.1, 0.15) is 22.4 Å². The van der Waals surface area contributed by atoms with Crippen molar-refractivity contribution < 1.29 is 13.9 Å². The maximum Gasteiger partial charge on any atom is 0.350 e. The van der Waals surface area contributed by atoms with E-state index < -0.39 is 5.97 Å². The standard InChI is InChI=1S/C21H18N2O3S/c1-3-25-21(24)19-18(22)17-14(16-10-9-12(2)26-16)11-15(23-20(17)27-19)13-7-5-4-6-8-13/h4-11H,3,22H2,1-2H3. The molecule has 4 rings (SSSR count). The molecule has 3 heterocycles. The summed E-state index contributed by atoms with van der Waals surface area (Å²) in [5, 5.41) is 0.720. The quantitative estimate of drug-likeness (QED) is 0.488. The number of thiophene rings is 1. The van der Waals surface area contributed by atoms with E-state index in [4.69, 9.17) is 19.9 Å². The number of benzene rings is 1. The summed E-state index contributed by atoms with van der Waals surface area (Å²) in [6, 6.07) is 15.6. The highest BCUT2D eigenvalue weighted by molar-refractivity contribution is 7.21. The Morgan fingerprint density at radius 2 is 2.00 bits per heavy atom. The number of rotatable bonds is 4. The molecule has 1 aromatic carbocycles. The number of ether oxygens (including phenoxy) is 1. The van der Waals surface area contributed by atoms with Gasteiger partial charge in [0.2, 0.25) is 0 Å². The number of nitrogens with two attached hydrogens (primary N) is 1. The number of carbonyl (C=O) groups is 1. The van der Waals surface area contributed by atoms with Gasteiger partial charge >= 0.3 is 5.97 Å². The fourth-order valence-electron chi connectivity index (χ4n) is 3.00. The number of pyridine rings is 1. The summed E-state index contributed by atoms with van der Waals surface area (Å²) in [5.74, 6) is 1.06. The second kappa shape index (κ2) is 6.89. The molecule has 27 heavy (non-hydrogen) atoms. The van der Waals surface area contributed by atoms with E-state index in [1.165, 1.54) is 11.3 Å². The summed E-state index contributed by atoms with van der Waals surface area (Å²) in [4.78, 5) is 18.1. The van der Waals surface area contributed by atoms with Crippen molar-refractivity contribution in [3.63, 3.8) is 0 Å². The second-order valence-corrected chi connectivity index (χ2v) is 7.08. The van der Waals surface area contributed by atoms with Crippen LogP contribution in [0.3, 0.4) is 0 Å². The van der Waals surface area contributed by atoms with Gasteiger partial charge in [-0.2, -0.15) is 0 Å². The van der Waals surface area contributed by atoms with Gasteiger partial charge in [-0.15, -0.1) is 11.3 Å². The van der Waals surface area contributed by atoms with Gasteiger partial charge in [-0.3, -0.25) is 0 Å². The van der Waals surface area contributed by atoms with Crippen LogP contribution in [0.15, 0.2) is 52.9 Å². The second-order valence-electron chi connectivity index (χ2n) is 6.08. The molecule has 3 aromatic heterocycles. The molecule has 0 amide bonds. The highest BCUT2D eigenvalue weighted by atomic mass is 32.1. The number of anilines is 1. The van der Waals surface area contributed by atoms with Crippen molar-refractivity contribution in [1.82, 2.24) is 4.98 Å². The minimum atomic E-state index is -0.430. The number of aryl methyl sites for hydroxylation is 1. The summed E-state index contributed by atoms with van der Waals surface area (Å²) in [6.07, 6.45) is 0. The Hall–Kier alpha value is -3.12. The van der Waals surface area contributed by atoms with Crippen LogP contribution in [0.4, 0.5) is 5.69 Å². The Morgan fingerprint density at radius 1 is 1.22 bits per heavy atom. The third-order valence-electron chi connectivity index (χ3n) is 4.24. The van der Waals surface area contributed by atoms with Crippen molar-refractivity contribution in [3.05, 3.63) is 59.2 Å². The molecule has 4 aromatic rings. The zero-order valence-corrected chi connectivity index (χ0v) is 15.8. The molecule has 0 saturated carbocycles. The van der Waals surface area contributed by atoms with Gasteiger partial charge in [-0.05, 0) is 32.0 Å². The molecule has 6 heteroatoms. The van der Waals surface area contributed by atoms with Crippen LogP contribution in [0.5, 0.6) is 0 Å². The molecular weight excluding hydrogens is 360 g/mol. The Balaban J connectivity index is 2.00. The molecule has 0 unspecified atom stereocenters. The van der Waals surface area contributed by atoms with E-state index >= 15 is 0 Å². The van der Waals surface area contributed by atoms with Crippen LogP contribution < -0.4 is 5.73 Å². The fourth-order valence-corrected chi connectivity index (χ4v) is 4.01. The Bertz CT molecular complexity index is 1130. The monoisotopic (exact) mass is 378 g/mol. The van der Waals surface area contributed by atoms with Crippen molar-refractivity contribution in [2.75, 3.05) is 12.3 Å². The number of nitrogen functional groups attached to an aromatic ring is 1. The molecular formula is C21H18N2O3S. The first-order valence-electron chi connectivity index (χ1n) is 8.61. The van der Waals surface area contributed by atoms with E-state index in [9.17, 15) is 4.79 Å². The first-order chi connectivity index (χ1) is 13.1. The molecule has 0 fully saturated rings. The summed E-state index contributed by atoms with van der Waals surface area (Å²) < 4.78 is 11.0. The first kappa shape index (κ1) is 17.3. The fraction of sp³-hybridized carbons (Fsp3) is 0.143. The predicted molar refractivity (Wildman–Crippen MR) is 108 cm³/mol. The molecule has 5 nitrogen and oxygen atoms in total. The minimum absolute atomic E-state index is 0.291. The molecule has 0 atom stereocenters. The van der Waals surface area contributed by atoms with Gasteiger partial charge in [0, 0.05) is 16.5 Å². The summed E-state index contributed by atoms with van der Waals surface area (Å²) in [6.45, 7) is 3.95. The molecule has 0 radical (unpaired) electrons. The molecule has 136 valence electrons. The molecule has 0 bridgehead atoms. The van der Waals surface area contributed by atoms with Crippen molar-refractivity contribution in [1.29, 1.82) is 0 Å². The lowest BCUT2D eigenvalue weighted by Gasteiger charge is -2.06. The van der Waals surface area contributed by atoms with Crippen LogP contribution in [-0.2, 0) is 4.74 Å². The molecule has 0 aliphatic carbocycles. The lowest BCUT2D eigenvalue weighted by atomic mass is 10.0. The van der Waals surface area contributed by atoms with Gasteiger partial charge in [-0.1, -0.05) is 30.3 Å². The molecule has 0 aliphatic rings. The lowest BCUT2D eigenvalue weighted by molar-refractivity contribution is 0.0533. The Morgan fingerprint density at radius 3 is 2.67 bits per heavy atom. The normalized spacial score (nSPS) is 11.0. The number of carbonyl (C=O) groups excluding carboxylic acids is 1. The van der Waals surface area contributed by atoms with Crippen LogP contribution in [0.25, 0.3) is 32.8 Å². The summed E-state index contributed by atoms with van der Waals surface area (Å²) in [5.41, 5.74) is 9.30. The van der Waals surface area contributed by atoms with Gasteiger partial charge in [0.25, 0.3) is 0 Å². The zero-order chi connectivity index (χ0) is 19.0. The van der Waals surface area contributed by atoms with E-state index in [0.29, 0.717) is 27.8 Å². The van der Waals surface area contributed by atoms with E-state index in [1.54, 1.807) is 6.92 Å². The third-order valence-corrected chi connectivity index (χ3v) is 5.31. The number of nitrogens with zero attached hydrogens (tertiary/aromatic N) is 1. The average Bonchev–Trinajstić information content (AvgIpc) is 3.26. The van der Waals surface area contributed by atoms with Crippen LogP contribution in [-0.4, -0.2) is 17.6 Å². The Kier molecular flexibility index (Phi) is 4.41. The first-order valence-corrected chi connectivity index (χ1v) is 9.42. The van der Waals surface area contributed by atoms with Crippen molar-refractivity contribution in [2.45, 2.75) is 13.8 Å². The maximum absolute atomic E-state index is 12.3. The smallest absolute Gasteiger partial charge is 0.350 e. The van der Waals surface area contributed by atoms with Gasteiger partial charge in [-0.25, -0.2) is 9.78 Å². The molecule has 0 saturated heterocycles. The largest absolute Gasteiger partial charge is 0.462 e. The highest BCUT2D eigenvalue weighted by Gasteiger charge is 2.23. The van der Waals surface area contributed by atoms with E-state index in [-0.39, 0.29) is 0 Å². The van der Waals surface area contributed by atoms with Gasteiger partial charge in [0.1, 0.15) is 21.2 Å². The molecule has 0 aliphatic heterocycles. The van der Waals surface area contributed by atoms with E-state index in [1.807, 2.05) is 55.5 Å². The maximum atomic E-state index is 12.3. The summed E-state index contributed by atoms with van der Waals surface area (Å²) in [7, 11) is 0. The minimum Gasteiger partial charge on any atom is -0.462 e. The van der Waals surface area contributed by atoms with E-state index in [2.05, 4.69) is 0 Å². The highest BCUT2D eigenvalue weighted by Crippen LogP contribution is 2.41. The number of hydrogen-bond acceptors (Lipinski definition) is 6. The van der Waals surface area contributed by atoms with Gasteiger partial charge in [0.05, 0.1) is 18.0 Å². The Labute approximate surface area is 160 Å².